The minimum absolute atomic E-state index is 0.106. The molecule has 0 aliphatic carbocycles. The van der Waals surface area contributed by atoms with Crippen LogP contribution in [0.3, 0.4) is 0 Å². The van der Waals surface area contributed by atoms with Crippen LogP contribution in [-0.4, -0.2) is 25.7 Å². The maximum Gasteiger partial charge on any atom is 0.258 e. The molecule has 5 heteroatoms. The van der Waals surface area contributed by atoms with Crippen LogP contribution in [-0.2, 0) is 9.53 Å². The maximum absolute atomic E-state index is 10.4. The molecule has 0 aliphatic rings. The molecule has 0 radical (unpaired) electrons. The van der Waals surface area contributed by atoms with Gasteiger partial charge in [-0.2, -0.15) is 5.26 Å². The zero-order valence-electron chi connectivity index (χ0n) is 5.46. The van der Waals surface area contributed by atoms with Gasteiger partial charge in [-0.3, -0.25) is 10.1 Å². The number of carbonyl (C=O) groups excluding carboxylic acids is 1. The van der Waals surface area contributed by atoms with Gasteiger partial charge in [-0.25, -0.2) is 0 Å². The van der Waals surface area contributed by atoms with Crippen LogP contribution in [0.4, 0.5) is 0 Å². The van der Waals surface area contributed by atoms with Crippen LogP contribution in [0.1, 0.15) is 0 Å². The third-order valence-electron chi connectivity index (χ3n) is 0.691. The summed E-state index contributed by atoms with van der Waals surface area (Å²) in [5.74, 6) is -0.448. The number of nitrogens with one attached hydrogen (secondary N) is 1. The van der Waals surface area contributed by atoms with Gasteiger partial charge in [0.15, 0.2) is 6.19 Å². The summed E-state index contributed by atoms with van der Waals surface area (Å²) < 4.78 is 4.71. The molecular weight excluding hydrogens is 134 g/mol. The lowest BCUT2D eigenvalue weighted by atomic mass is 10.6. The van der Waals surface area contributed by atoms with Gasteiger partial charge >= 0.3 is 0 Å². The highest BCUT2D eigenvalue weighted by Crippen LogP contribution is 1.71. The average Bonchev–Trinajstić information content (AvgIpc) is 1.89. The van der Waals surface area contributed by atoms with E-state index in [1.54, 1.807) is 0 Å². The Morgan fingerprint density at radius 3 is 3.00 bits per heavy atom. The predicted octanol–water partition coefficient (Wildman–Crippen LogP) is -1.44. The average molecular weight is 143 g/mol. The second kappa shape index (κ2) is 6.01. The molecule has 0 heterocycles. The fraction of sp³-hybridized carbons (Fsp3) is 0.600. The van der Waals surface area contributed by atoms with Crippen molar-refractivity contribution in [1.29, 1.82) is 5.26 Å². The first kappa shape index (κ1) is 8.88. The minimum Gasteiger partial charge on any atom is -0.370 e. The topological polar surface area (TPSA) is 88.1 Å². The molecule has 0 unspecified atom stereocenters. The SMILES string of the molecule is N#CNC(=O)COCCN. The normalized spacial score (nSPS) is 8.40. The van der Waals surface area contributed by atoms with Crippen molar-refractivity contribution in [2.45, 2.75) is 0 Å². The number of hydrogen-bond acceptors (Lipinski definition) is 4. The fourth-order valence-electron chi connectivity index (χ4n) is 0.347. The van der Waals surface area contributed by atoms with Gasteiger partial charge in [0.1, 0.15) is 6.61 Å². The van der Waals surface area contributed by atoms with Crippen LogP contribution >= 0.6 is 0 Å². The van der Waals surface area contributed by atoms with Crippen LogP contribution in [0.25, 0.3) is 0 Å². The number of amides is 1. The van der Waals surface area contributed by atoms with Crippen molar-refractivity contribution in [3.63, 3.8) is 0 Å². The minimum atomic E-state index is -0.448. The summed E-state index contributed by atoms with van der Waals surface area (Å²) >= 11 is 0. The number of hydrogen-bond donors (Lipinski definition) is 2. The highest BCUT2D eigenvalue weighted by Gasteiger charge is 1.96. The predicted molar refractivity (Wildman–Crippen MR) is 33.6 cm³/mol. The van der Waals surface area contributed by atoms with Gasteiger partial charge < -0.3 is 10.5 Å². The summed E-state index contributed by atoms with van der Waals surface area (Å²) in [6, 6.07) is 0. The molecule has 5 nitrogen and oxygen atoms in total. The first-order valence-electron chi connectivity index (χ1n) is 2.77. The highest BCUT2D eigenvalue weighted by molar-refractivity contribution is 5.78. The van der Waals surface area contributed by atoms with Gasteiger partial charge in [0, 0.05) is 6.54 Å². The molecule has 0 aliphatic heterocycles. The van der Waals surface area contributed by atoms with Crippen LogP contribution in [0.5, 0.6) is 0 Å². The summed E-state index contributed by atoms with van der Waals surface area (Å²) in [7, 11) is 0. The summed E-state index contributed by atoms with van der Waals surface area (Å²) in [6.07, 6.45) is 1.48. The Morgan fingerprint density at radius 2 is 2.50 bits per heavy atom. The van der Waals surface area contributed by atoms with Crippen molar-refractivity contribution in [2.24, 2.45) is 5.73 Å². The second-order valence-electron chi connectivity index (χ2n) is 1.50. The van der Waals surface area contributed by atoms with Gasteiger partial charge in [-0.15, -0.1) is 0 Å². The quantitative estimate of drug-likeness (QED) is 0.286. The maximum atomic E-state index is 10.4. The molecule has 10 heavy (non-hydrogen) atoms. The Balaban J connectivity index is 3.15. The van der Waals surface area contributed by atoms with Crippen LogP contribution in [0.2, 0.25) is 0 Å². The number of carbonyl (C=O) groups is 1. The molecule has 0 atom stereocenters. The van der Waals surface area contributed by atoms with E-state index in [1.165, 1.54) is 6.19 Å². The Hall–Kier alpha value is -1.12. The van der Waals surface area contributed by atoms with Gasteiger partial charge in [0.05, 0.1) is 6.61 Å². The molecule has 0 rings (SSSR count). The Morgan fingerprint density at radius 1 is 1.80 bits per heavy atom. The molecule has 0 bridgehead atoms. The zero-order chi connectivity index (χ0) is 7.82. The van der Waals surface area contributed by atoms with Gasteiger partial charge in [-0.1, -0.05) is 0 Å². The number of nitriles is 1. The summed E-state index contributed by atoms with van der Waals surface area (Å²) in [6.45, 7) is 0.601. The van der Waals surface area contributed by atoms with Crippen molar-refractivity contribution < 1.29 is 9.53 Å². The number of rotatable bonds is 4. The zero-order valence-corrected chi connectivity index (χ0v) is 5.46. The van der Waals surface area contributed by atoms with E-state index in [0.717, 1.165) is 0 Å². The molecule has 56 valence electrons. The van der Waals surface area contributed by atoms with E-state index in [9.17, 15) is 4.79 Å². The van der Waals surface area contributed by atoms with E-state index in [2.05, 4.69) is 0 Å². The first-order valence-corrected chi connectivity index (χ1v) is 2.77. The van der Waals surface area contributed by atoms with Crippen molar-refractivity contribution in [3.05, 3.63) is 0 Å². The van der Waals surface area contributed by atoms with Crippen LogP contribution in [0, 0.1) is 11.5 Å². The molecule has 0 aromatic rings. The molecule has 0 spiro atoms. The monoisotopic (exact) mass is 143 g/mol. The van der Waals surface area contributed by atoms with Crippen molar-refractivity contribution in [1.82, 2.24) is 5.32 Å². The van der Waals surface area contributed by atoms with E-state index in [0.29, 0.717) is 13.2 Å². The van der Waals surface area contributed by atoms with Gasteiger partial charge in [0.2, 0.25) is 0 Å². The Labute approximate surface area is 58.8 Å². The van der Waals surface area contributed by atoms with E-state index < -0.39 is 5.91 Å². The number of ether oxygens (including phenoxy) is 1. The molecule has 0 aromatic heterocycles. The van der Waals surface area contributed by atoms with Crippen molar-refractivity contribution in [3.8, 4) is 6.19 Å². The van der Waals surface area contributed by atoms with E-state index >= 15 is 0 Å². The third-order valence-corrected chi connectivity index (χ3v) is 0.691. The standard InChI is InChI=1S/C5H9N3O2/c6-1-2-10-3-5(9)8-4-7/h1-3,6H2,(H,8,9). The fourth-order valence-corrected chi connectivity index (χ4v) is 0.347. The molecule has 0 saturated carbocycles. The molecule has 1 amide bonds. The summed E-state index contributed by atoms with van der Waals surface area (Å²) in [5.41, 5.74) is 5.07. The van der Waals surface area contributed by atoms with Crippen LogP contribution < -0.4 is 11.1 Å². The van der Waals surface area contributed by atoms with Crippen LogP contribution in [0.15, 0.2) is 0 Å². The van der Waals surface area contributed by atoms with Crippen molar-refractivity contribution >= 4 is 5.91 Å². The third kappa shape index (κ3) is 5.03. The summed E-state index contributed by atoms with van der Waals surface area (Å²) in [5, 5.41) is 9.84. The highest BCUT2D eigenvalue weighted by atomic mass is 16.5. The molecule has 3 N–H and O–H groups in total. The lowest BCUT2D eigenvalue weighted by Gasteiger charge is -1.97. The smallest absolute Gasteiger partial charge is 0.258 e. The van der Waals surface area contributed by atoms with Gasteiger partial charge in [-0.05, 0) is 0 Å². The largest absolute Gasteiger partial charge is 0.370 e. The van der Waals surface area contributed by atoms with E-state index in [-0.39, 0.29) is 6.61 Å². The van der Waals surface area contributed by atoms with E-state index in [1.807, 2.05) is 5.32 Å². The molecule has 0 saturated heterocycles. The van der Waals surface area contributed by atoms with Crippen molar-refractivity contribution in [2.75, 3.05) is 19.8 Å². The molecule has 0 aromatic carbocycles. The van der Waals surface area contributed by atoms with E-state index in [4.69, 9.17) is 15.7 Å². The van der Waals surface area contributed by atoms with Gasteiger partial charge in [0.25, 0.3) is 5.91 Å². The first-order chi connectivity index (χ1) is 4.81. The summed E-state index contributed by atoms with van der Waals surface area (Å²) in [4.78, 5) is 10.4. The Bertz CT molecular complexity index is 140. The molecular formula is C5H9N3O2. The lowest BCUT2D eigenvalue weighted by molar-refractivity contribution is -0.124. The number of nitrogens with zero attached hydrogens (tertiary/aromatic N) is 1. The Kier molecular flexibility index (Phi) is 5.33. The lowest BCUT2D eigenvalue weighted by Crippen LogP contribution is -2.24. The number of nitrogens with two attached hydrogens (primary N) is 1. The second-order valence-corrected chi connectivity index (χ2v) is 1.50. The molecule has 0 fully saturated rings.